The largest absolute Gasteiger partial charge is 0.478 e. The molecule has 24 heavy (non-hydrogen) atoms. The van der Waals surface area contributed by atoms with Gasteiger partial charge in [0, 0.05) is 11.1 Å². The molecule has 0 radical (unpaired) electrons. The number of hydrogen-bond donors (Lipinski definition) is 1. The van der Waals surface area contributed by atoms with Crippen molar-refractivity contribution in [3.05, 3.63) is 65.9 Å². The predicted molar refractivity (Wildman–Crippen MR) is 79.3 cm³/mol. The molecule has 0 amide bonds. The van der Waals surface area contributed by atoms with Crippen molar-refractivity contribution in [2.75, 3.05) is 0 Å². The third-order valence-electron chi connectivity index (χ3n) is 3.36. The average Bonchev–Trinajstić information content (AvgIpc) is 3.04. The summed E-state index contributed by atoms with van der Waals surface area (Å²) in [5.74, 6) is -1.12. The number of aromatic carboxylic acids is 1. The number of oxazole rings is 1. The van der Waals surface area contributed by atoms with Crippen LogP contribution in [-0.2, 0) is 6.18 Å². The van der Waals surface area contributed by atoms with Gasteiger partial charge in [0.2, 0.25) is 5.89 Å². The van der Waals surface area contributed by atoms with Gasteiger partial charge in [-0.1, -0.05) is 24.3 Å². The summed E-state index contributed by atoms with van der Waals surface area (Å²) < 4.78 is 44.7. The van der Waals surface area contributed by atoms with Gasteiger partial charge in [-0.2, -0.15) is 13.2 Å². The molecule has 4 nitrogen and oxygen atoms in total. The van der Waals surface area contributed by atoms with Gasteiger partial charge in [-0.3, -0.25) is 0 Å². The molecule has 2 aromatic carbocycles. The van der Waals surface area contributed by atoms with Crippen molar-refractivity contribution in [1.29, 1.82) is 0 Å². The minimum atomic E-state index is -4.52. The number of hydrogen-bond acceptors (Lipinski definition) is 3. The second-order valence-electron chi connectivity index (χ2n) is 4.96. The van der Waals surface area contributed by atoms with Gasteiger partial charge in [0.15, 0.2) is 5.76 Å². The van der Waals surface area contributed by atoms with E-state index < -0.39 is 17.7 Å². The Kier molecular flexibility index (Phi) is 3.84. The van der Waals surface area contributed by atoms with E-state index in [1.165, 1.54) is 42.6 Å². The van der Waals surface area contributed by atoms with Crippen LogP contribution in [0.15, 0.2) is 59.1 Å². The van der Waals surface area contributed by atoms with Crippen LogP contribution in [0, 0.1) is 0 Å². The van der Waals surface area contributed by atoms with E-state index in [-0.39, 0.29) is 22.8 Å². The first-order chi connectivity index (χ1) is 11.4. The fraction of sp³-hybridized carbons (Fsp3) is 0.0588. The maximum absolute atomic E-state index is 13.1. The molecule has 1 aromatic heterocycles. The Morgan fingerprint density at radius 3 is 2.54 bits per heavy atom. The summed E-state index contributed by atoms with van der Waals surface area (Å²) in [6.45, 7) is 0. The fourth-order valence-corrected chi connectivity index (χ4v) is 2.26. The lowest BCUT2D eigenvalue weighted by Gasteiger charge is -2.10. The molecular weight excluding hydrogens is 323 g/mol. The predicted octanol–water partition coefficient (Wildman–Crippen LogP) is 4.73. The van der Waals surface area contributed by atoms with Crippen LogP contribution in [0.3, 0.4) is 0 Å². The lowest BCUT2D eigenvalue weighted by atomic mass is 10.1. The normalized spacial score (nSPS) is 11.5. The van der Waals surface area contributed by atoms with E-state index in [0.717, 1.165) is 6.07 Å². The van der Waals surface area contributed by atoms with E-state index in [0.29, 0.717) is 5.56 Å². The summed E-state index contributed by atoms with van der Waals surface area (Å²) in [5.41, 5.74) is -0.557. The molecule has 0 aliphatic heterocycles. The van der Waals surface area contributed by atoms with Gasteiger partial charge in [-0.15, -0.1) is 0 Å². The van der Waals surface area contributed by atoms with Crippen LogP contribution >= 0.6 is 0 Å². The van der Waals surface area contributed by atoms with Gasteiger partial charge in [-0.05, 0) is 24.3 Å². The zero-order valence-corrected chi connectivity index (χ0v) is 12.0. The van der Waals surface area contributed by atoms with E-state index in [1.54, 1.807) is 6.07 Å². The molecule has 0 spiro atoms. The Balaban J connectivity index is 2.04. The van der Waals surface area contributed by atoms with Gasteiger partial charge >= 0.3 is 12.1 Å². The van der Waals surface area contributed by atoms with Crippen molar-refractivity contribution in [3.8, 4) is 22.8 Å². The average molecular weight is 333 g/mol. The van der Waals surface area contributed by atoms with E-state index in [9.17, 15) is 18.0 Å². The number of carboxylic acid groups (broad SMARTS) is 1. The van der Waals surface area contributed by atoms with E-state index in [4.69, 9.17) is 9.52 Å². The number of carbonyl (C=O) groups is 1. The third-order valence-corrected chi connectivity index (χ3v) is 3.36. The number of benzene rings is 2. The van der Waals surface area contributed by atoms with E-state index in [2.05, 4.69) is 4.98 Å². The van der Waals surface area contributed by atoms with Crippen molar-refractivity contribution in [3.63, 3.8) is 0 Å². The zero-order valence-electron chi connectivity index (χ0n) is 12.0. The molecule has 0 saturated carbocycles. The highest BCUT2D eigenvalue weighted by Gasteiger charge is 2.34. The van der Waals surface area contributed by atoms with Crippen molar-refractivity contribution >= 4 is 5.97 Å². The van der Waals surface area contributed by atoms with Crippen LogP contribution < -0.4 is 0 Å². The van der Waals surface area contributed by atoms with E-state index in [1.807, 2.05) is 0 Å². The summed E-state index contributed by atoms with van der Waals surface area (Å²) in [4.78, 5) is 14.9. The minimum absolute atomic E-state index is 0.0305. The van der Waals surface area contributed by atoms with Crippen LogP contribution in [0.4, 0.5) is 13.2 Å². The highest BCUT2D eigenvalue weighted by Crippen LogP contribution is 2.37. The summed E-state index contributed by atoms with van der Waals surface area (Å²) in [7, 11) is 0. The third kappa shape index (κ3) is 3.01. The second kappa shape index (κ2) is 5.84. The standard InChI is InChI=1S/C17H10F3NO3/c18-17(19,20)13-7-2-1-6-12(13)14-9-21-15(24-14)10-4-3-5-11(8-10)16(22)23/h1-9H,(H,22,23). The SMILES string of the molecule is O=C(O)c1cccc(-c2ncc(-c3ccccc3C(F)(F)F)o2)c1. The molecule has 0 aliphatic carbocycles. The van der Waals surface area contributed by atoms with Crippen LogP contribution in [0.1, 0.15) is 15.9 Å². The highest BCUT2D eigenvalue weighted by molar-refractivity contribution is 5.89. The number of alkyl halides is 3. The highest BCUT2D eigenvalue weighted by atomic mass is 19.4. The van der Waals surface area contributed by atoms with Crippen LogP contribution in [0.5, 0.6) is 0 Å². The zero-order chi connectivity index (χ0) is 17.3. The molecule has 3 aromatic rings. The first kappa shape index (κ1) is 15.8. The summed E-state index contributed by atoms with van der Waals surface area (Å²) in [6.07, 6.45) is -3.33. The molecular formula is C17H10F3NO3. The van der Waals surface area contributed by atoms with Crippen molar-refractivity contribution in [1.82, 2.24) is 4.98 Å². The van der Waals surface area contributed by atoms with Crippen LogP contribution in [0.25, 0.3) is 22.8 Å². The van der Waals surface area contributed by atoms with Crippen LogP contribution in [0.2, 0.25) is 0 Å². The van der Waals surface area contributed by atoms with Gasteiger partial charge in [-0.25, -0.2) is 9.78 Å². The fourth-order valence-electron chi connectivity index (χ4n) is 2.26. The maximum atomic E-state index is 13.1. The molecule has 0 fully saturated rings. The number of aromatic nitrogens is 1. The molecule has 0 bridgehead atoms. The molecule has 1 N–H and O–H groups in total. The summed E-state index contributed by atoms with van der Waals surface area (Å²) in [5, 5.41) is 8.99. The molecule has 7 heteroatoms. The molecule has 0 unspecified atom stereocenters. The first-order valence-corrected chi connectivity index (χ1v) is 6.82. The summed E-state index contributed by atoms with van der Waals surface area (Å²) >= 11 is 0. The Morgan fingerprint density at radius 2 is 1.83 bits per heavy atom. The lowest BCUT2D eigenvalue weighted by Crippen LogP contribution is -2.06. The lowest BCUT2D eigenvalue weighted by molar-refractivity contribution is -0.137. The number of carboxylic acids is 1. The quantitative estimate of drug-likeness (QED) is 0.753. The molecule has 0 atom stereocenters. The van der Waals surface area contributed by atoms with Gasteiger partial charge in [0.1, 0.15) is 0 Å². The summed E-state index contributed by atoms with van der Waals surface area (Å²) in [6, 6.07) is 10.8. The van der Waals surface area contributed by atoms with Crippen molar-refractivity contribution in [2.45, 2.75) is 6.18 Å². The monoisotopic (exact) mass is 333 g/mol. The first-order valence-electron chi connectivity index (χ1n) is 6.82. The maximum Gasteiger partial charge on any atom is 0.417 e. The number of halogens is 3. The Hall–Kier alpha value is -3.09. The second-order valence-corrected chi connectivity index (χ2v) is 4.96. The van der Waals surface area contributed by atoms with Crippen molar-refractivity contribution < 1.29 is 27.5 Å². The Bertz CT molecular complexity index is 900. The topological polar surface area (TPSA) is 63.3 Å². The van der Waals surface area contributed by atoms with Crippen molar-refractivity contribution in [2.24, 2.45) is 0 Å². The Labute approximate surface area is 134 Å². The van der Waals surface area contributed by atoms with Gasteiger partial charge < -0.3 is 9.52 Å². The molecule has 122 valence electrons. The molecule has 0 saturated heterocycles. The minimum Gasteiger partial charge on any atom is -0.478 e. The Morgan fingerprint density at radius 1 is 1.08 bits per heavy atom. The van der Waals surface area contributed by atoms with Gasteiger partial charge in [0.05, 0.1) is 17.3 Å². The smallest absolute Gasteiger partial charge is 0.417 e. The molecule has 1 heterocycles. The van der Waals surface area contributed by atoms with E-state index >= 15 is 0 Å². The number of nitrogens with zero attached hydrogens (tertiary/aromatic N) is 1. The van der Waals surface area contributed by atoms with Gasteiger partial charge in [0.25, 0.3) is 0 Å². The molecule has 3 rings (SSSR count). The number of rotatable bonds is 3. The van der Waals surface area contributed by atoms with Crippen LogP contribution in [-0.4, -0.2) is 16.1 Å². The molecule has 0 aliphatic rings.